The van der Waals surface area contributed by atoms with E-state index in [0.717, 1.165) is 17.6 Å². The van der Waals surface area contributed by atoms with Gasteiger partial charge in [-0.05, 0) is 25.0 Å². The van der Waals surface area contributed by atoms with Gasteiger partial charge in [0.05, 0.1) is 19.7 Å². The molecule has 2 aliphatic heterocycles. The second-order valence-corrected chi connectivity index (χ2v) is 7.52. The van der Waals surface area contributed by atoms with Crippen LogP contribution in [0.1, 0.15) is 18.2 Å². The smallest absolute Gasteiger partial charge is 0.409 e. The molecule has 2 N–H and O–H groups in total. The molecule has 1 aromatic carbocycles. The molecule has 1 aromatic heterocycles. The topological polar surface area (TPSA) is 98.0 Å². The molecule has 0 unspecified atom stereocenters. The van der Waals surface area contributed by atoms with Crippen molar-refractivity contribution in [2.24, 2.45) is 0 Å². The molecule has 2 aliphatic rings. The van der Waals surface area contributed by atoms with Crippen LogP contribution in [-0.4, -0.2) is 83.6 Å². The Bertz CT molecular complexity index is 948. The van der Waals surface area contributed by atoms with E-state index < -0.39 is 0 Å². The van der Waals surface area contributed by atoms with Gasteiger partial charge < -0.3 is 29.7 Å². The minimum absolute atomic E-state index is 0.0473. The van der Waals surface area contributed by atoms with Gasteiger partial charge in [-0.1, -0.05) is 18.2 Å². The summed E-state index contributed by atoms with van der Waals surface area (Å²) in [4.78, 5) is 45.2. The highest BCUT2D eigenvalue weighted by Gasteiger charge is 2.27. The minimum Gasteiger partial charge on any atom is -0.450 e. The molecule has 160 valence electrons. The first-order valence-corrected chi connectivity index (χ1v) is 10.4. The number of H-pyrrole nitrogens is 1. The van der Waals surface area contributed by atoms with E-state index in [1.807, 2.05) is 18.2 Å². The number of para-hydroxylation sites is 1. The number of nitrogens with zero attached hydrogens (tertiary/aromatic N) is 3. The number of benzene rings is 1. The van der Waals surface area contributed by atoms with Crippen LogP contribution in [0.15, 0.2) is 24.3 Å². The van der Waals surface area contributed by atoms with Gasteiger partial charge in [-0.25, -0.2) is 9.59 Å². The molecule has 0 bridgehead atoms. The third-order valence-corrected chi connectivity index (χ3v) is 5.72. The lowest BCUT2D eigenvalue weighted by atomic mass is 10.0. The van der Waals surface area contributed by atoms with Gasteiger partial charge in [-0.3, -0.25) is 4.79 Å². The van der Waals surface area contributed by atoms with E-state index in [9.17, 15) is 14.4 Å². The molecule has 0 atom stereocenters. The average molecular weight is 413 g/mol. The molecule has 9 nitrogen and oxygen atoms in total. The van der Waals surface area contributed by atoms with Crippen LogP contribution in [0.4, 0.5) is 9.59 Å². The molecule has 0 saturated carbocycles. The lowest BCUT2D eigenvalue weighted by Crippen LogP contribution is -2.53. The number of rotatable bonds is 3. The van der Waals surface area contributed by atoms with E-state index in [4.69, 9.17) is 4.74 Å². The number of hydrogen-bond acceptors (Lipinski definition) is 4. The van der Waals surface area contributed by atoms with Crippen molar-refractivity contribution in [3.8, 4) is 0 Å². The second-order valence-electron chi connectivity index (χ2n) is 7.52. The molecule has 4 amide bonds. The summed E-state index contributed by atoms with van der Waals surface area (Å²) in [5, 5.41) is 3.96. The second kappa shape index (κ2) is 8.64. The Morgan fingerprint density at radius 3 is 2.53 bits per heavy atom. The number of hydrogen-bond donors (Lipinski definition) is 2. The maximum Gasteiger partial charge on any atom is 0.409 e. The SMILES string of the molecule is CCOC(=O)N1CCN(C(=O)CNC(=O)N2CCc3c([nH]c4ccccc34)C2)CC1. The highest BCUT2D eigenvalue weighted by molar-refractivity contribution is 5.86. The molecule has 0 aliphatic carbocycles. The van der Waals surface area contributed by atoms with Crippen molar-refractivity contribution in [1.82, 2.24) is 25.0 Å². The number of piperazine rings is 1. The Labute approximate surface area is 174 Å². The Morgan fingerprint density at radius 2 is 1.77 bits per heavy atom. The van der Waals surface area contributed by atoms with Crippen LogP contribution < -0.4 is 5.32 Å². The summed E-state index contributed by atoms with van der Waals surface area (Å²) in [6, 6.07) is 7.91. The number of aromatic nitrogens is 1. The van der Waals surface area contributed by atoms with Gasteiger partial charge in [0.15, 0.2) is 0 Å². The van der Waals surface area contributed by atoms with Crippen molar-refractivity contribution in [1.29, 1.82) is 0 Å². The predicted octanol–water partition coefficient (Wildman–Crippen LogP) is 1.54. The number of urea groups is 1. The van der Waals surface area contributed by atoms with Gasteiger partial charge in [0.1, 0.15) is 0 Å². The standard InChI is InChI=1S/C21H27N5O4/c1-2-30-21(29)25-11-9-24(10-12-25)19(27)13-22-20(28)26-8-7-16-15-5-3-4-6-17(15)23-18(16)14-26/h3-6,23H,2,7-14H2,1H3,(H,22,28). The first kappa shape index (κ1) is 20.1. The fraction of sp³-hybridized carbons (Fsp3) is 0.476. The molecular formula is C21H27N5O4. The summed E-state index contributed by atoms with van der Waals surface area (Å²) in [6.07, 6.45) is 0.440. The van der Waals surface area contributed by atoms with Crippen LogP contribution in [-0.2, 0) is 22.5 Å². The Hall–Kier alpha value is -3.23. The van der Waals surface area contributed by atoms with Crippen molar-refractivity contribution in [2.75, 3.05) is 45.9 Å². The lowest BCUT2D eigenvalue weighted by Gasteiger charge is -2.34. The number of ether oxygens (including phenoxy) is 1. The summed E-state index contributed by atoms with van der Waals surface area (Å²) in [7, 11) is 0. The van der Waals surface area contributed by atoms with Gasteiger partial charge in [0, 0.05) is 49.3 Å². The van der Waals surface area contributed by atoms with E-state index >= 15 is 0 Å². The predicted molar refractivity (Wildman–Crippen MR) is 111 cm³/mol. The largest absolute Gasteiger partial charge is 0.450 e. The van der Waals surface area contributed by atoms with Crippen LogP contribution in [0, 0.1) is 0 Å². The van der Waals surface area contributed by atoms with Crippen LogP contribution in [0.3, 0.4) is 0 Å². The highest BCUT2D eigenvalue weighted by Crippen LogP contribution is 2.27. The van der Waals surface area contributed by atoms with Gasteiger partial charge in [-0.15, -0.1) is 0 Å². The number of carbonyl (C=O) groups is 3. The highest BCUT2D eigenvalue weighted by atomic mass is 16.6. The zero-order valence-corrected chi connectivity index (χ0v) is 17.1. The van der Waals surface area contributed by atoms with Crippen LogP contribution in [0.5, 0.6) is 0 Å². The average Bonchev–Trinajstić information content (AvgIpc) is 3.15. The molecule has 3 heterocycles. The summed E-state index contributed by atoms with van der Waals surface area (Å²) in [6.45, 7) is 4.93. The van der Waals surface area contributed by atoms with Gasteiger partial charge in [-0.2, -0.15) is 0 Å². The first-order chi connectivity index (χ1) is 14.6. The monoisotopic (exact) mass is 413 g/mol. The van der Waals surface area contributed by atoms with Crippen LogP contribution >= 0.6 is 0 Å². The molecular weight excluding hydrogens is 386 g/mol. The summed E-state index contributed by atoms with van der Waals surface area (Å²) in [5.74, 6) is -0.143. The Balaban J connectivity index is 1.26. The van der Waals surface area contributed by atoms with E-state index in [1.165, 1.54) is 10.9 Å². The third kappa shape index (κ3) is 4.05. The van der Waals surface area contributed by atoms with E-state index in [0.29, 0.717) is 45.9 Å². The lowest BCUT2D eigenvalue weighted by molar-refractivity contribution is -0.131. The maximum atomic E-state index is 12.6. The van der Waals surface area contributed by atoms with Crippen molar-refractivity contribution in [2.45, 2.75) is 19.9 Å². The van der Waals surface area contributed by atoms with Crippen LogP contribution in [0.2, 0.25) is 0 Å². The van der Waals surface area contributed by atoms with Crippen molar-refractivity contribution in [3.05, 3.63) is 35.5 Å². The molecule has 9 heteroatoms. The third-order valence-electron chi connectivity index (χ3n) is 5.72. The summed E-state index contributed by atoms with van der Waals surface area (Å²) >= 11 is 0. The van der Waals surface area contributed by atoms with E-state index in [2.05, 4.69) is 16.4 Å². The van der Waals surface area contributed by atoms with Crippen molar-refractivity contribution in [3.63, 3.8) is 0 Å². The minimum atomic E-state index is -0.348. The molecule has 1 saturated heterocycles. The molecule has 2 aromatic rings. The number of nitrogens with one attached hydrogen (secondary N) is 2. The molecule has 1 fully saturated rings. The van der Waals surface area contributed by atoms with Gasteiger partial charge in [0.2, 0.25) is 5.91 Å². The number of amides is 4. The zero-order valence-electron chi connectivity index (χ0n) is 17.1. The van der Waals surface area contributed by atoms with Gasteiger partial charge >= 0.3 is 12.1 Å². The fourth-order valence-electron chi connectivity index (χ4n) is 4.09. The summed E-state index contributed by atoms with van der Waals surface area (Å²) in [5.41, 5.74) is 3.41. The van der Waals surface area contributed by atoms with E-state index in [1.54, 1.807) is 21.6 Å². The Morgan fingerprint density at radius 1 is 1.03 bits per heavy atom. The molecule has 4 rings (SSSR count). The Kier molecular flexibility index (Phi) is 5.78. The maximum absolute atomic E-state index is 12.6. The fourth-order valence-corrected chi connectivity index (χ4v) is 4.09. The first-order valence-electron chi connectivity index (χ1n) is 10.4. The molecule has 30 heavy (non-hydrogen) atoms. The van der Waals surface area contributed by atoms with Gasteiger partial charge in [0.25, 0.3) is 0 Å². The molecule has 0 radical (unpaired) electrons. The normalized spacial score (nSPS) is 16.4. The quantitative estimate of drug-likeness (QED) is 0.798. The van der Waals surface area contributed by atoms with E-state index in [-0.39, 0.29) is 24.6 Å². The number of carbonyl (C=O) groups excluding carboxylic acids is 3. The zero-order chi connectivity index (χ0) is 21.1. The van der Waals surface area contributed by atoms with Crippen LogP contribution in [0.25, 0.3) is 10.9 Å². The summed E-state index contributed by atoms with van der Waals surface area (Å²) < 4.78 is 4.99. The number of aromatic amines is 1. The molecule has 0 spiro atoms. The van der Waals surface area contributed by atoms with Crippen molar-refractivity contribution >= 4 is 28.9 Å². The van der Waals surface area contributed by atoms with Crippen molar-refractivity contribution < 1.29 is 19.1 Å². The number of fused-ring (bicyclic) bond motifs is 3.